The van der Waals surface area contributed by atoms with Gasteiger partial charge in [-0.1, -0.05) is 35.9 Å². The molecular formula is C19H17F3N2O3S. The normalized spacial score (nSPS) is 20.8. The van der Waals surface area contributed by atoms with Crippen molar-refractivity contribution in [2.75, 3.05) is 7.05 Å². The van der Waals surface area contributed by atoms with Crippen LogP contribution in [0.1, 0.15) is 16.7 Å². The third-order valence-corrected chi connectivity index (χ3v) is 6.45. The fourth-order valence-corrected chi connectivity index (χ4v) is 4.71. The van der Waals surface area contributed by atoms with Crippen molar-refractivity contribution in [2.45, 2.75) is 24.8 Å². The third-order valence-electron chi connectivity index (χ3n) is 4.46. The number of carbonyl (C=O) groups is 1. The first-order chi connectivity index (χ1) is 13.0. The molecule has 1 fully saturated rings. The molecule has 1 atom stereocenters. The van der Waals surface area contributed by atoms with Gasteiger partial charge < -0.3 is 0 Å². The summed E-state index contributed by atoms with van der Waals surface area (Å²) in [5.41, 5.74) is 0.546. The molecule has 0 saturated carbocycles. The molecule has 0 aromatic heterocycles. The van der Waals surface area contributed by atoms with Crippen molar-refractivity contribution in [3.8, 4) is 0 Å². The minimum atomic E-state index is -4.55. The van der Waals surface area contributed by atoms with E-state index in [0.29, 0.717) is 5.69 Å². The first kappa shape index (κ1) is 20.1. The van der Waals surface area contributed by atoms with Gasteiger partial charge >= 0.3 is 6.18 Å². The Kier molecular flexibility index (Phi) is 5.05. The second-order valence-electron chi connectivity index (χ2n) is 6.56. The highest BCUT2D eigenvalue weighted by Gasteiger charge is 2.49. The summed E-state index contributed by atoms with van der Waals surface area (Å²) < 4.78 is 64.4. The number of amidine groups is 1. The van der Waals surface area contributed by atoms with Gasteiger partial charge in [-0.05, 0) is 37.1 Å². The average molecular weight is 410 g/mol. The fourth-order valence-electron chi connectivity index (χ4n) is 2.92. The van der Waals surface area contributed by atoms with Gasteiger partial charge in [0.15, 0.2) is 5.25 Å². The topological polar surface area (TPSA) is 66.8 Å². The quantitative estimate of drug-likeness (QED) is 0.778. The van der Waals surface area contributed by atoms with E-state index in [-0.39, 0.29) is 12.0 Å². The number of hydrogen-bond acceptors (Lipinski definition) is 4. The van der Waals surface area contributed by atoms with Gasteiger partial charge in [0, 0.05) is 7.05 Å². The number of aryl methyl sites for hydroxylation is 1. The number of halogens is 3. The highest BCUT2D eigenvalue weighted by molar-refractivity contribution is 8.08. The Morgan fingerprint density at radius 2 is 1.75 bits per heavy atom. The molecule has 2 aromatic rings. The number of benzene rings is 2. The summed E-state index contributed by atoms with van der Waals surface area (Å²) in [6, 6.07) is 11.1. The van der Waals surface area contributed by atoms with Gasteiger partial charge in [0.2, 0.25) is 20.9 Å². The van der Waals surface area contributed by atoms with Gasteiger partial charge in [-0.2, -0.15) is 13.2 Å². The van der Waals surface area contributed by atoms with Crippen molar-refractivity contribution in [2.24, 2.45) is 4.99 Å². The van der Waals surface area contributed by atoms with E-state index < -0.39 is 37.9 Å². The van der Waals surface area contributed by atoms with E-state index in [0.717, 1.165) is 22.6 Å². The van der Waals surface area contributed by atoms with Gasteiger partial charge in [0.1, 0.15) is 0 Å². The predicted octanol–water partition coefficient (Wildman–Crippen LogP) is 3.50. The second kappa shape index (κ2) is 7.05. The van der Waals surface area contributed by atoms with E-state index in [1.807, 2.05) is 6.92 Å². The highest BCUT2D eigenvalue weighted by atomic mass is 32.2. The molecule has 1 saturated heterocycles. The monoisotopic (exact) mass is 410 g/mol. The van der Waals surface area contributed by atoms with E-state index in [1.165, 1.54) is 19.2 Å². The molecular weight excluding hydrogens is 393 g/mol. The number of nitrogens with zero attached hydrogens (tertiary/aromatic N) is 2. The van der Waals surface area contributed by atoms with Crippen molar-refractivity contribution in [1.82, 2.24) is 4.90 Å². The van der Waals surface area contributed by atoms with Gasteiger partial charge in [0.05, 0.1) is 11.3 Å². The Labute approximate surface area is 160 Å². The SMILES string of the molecule is Cc1ccc(N=C2N(C)C(=O)C(Cc3cccc(C(F)(F)F)c3)S2(=O)=O)cc1. The van der Waals surface area contributed by atoms with Crippen molar-refractivity contribution in [1.29, 1.82) is 0 Å². The summed E-state index contributed by atoms with van der Waals surface area (Å²) in [5, 5.41) is -1.91. The molecule has 1 aliphatic rings. The number of alkyl halides is 3. The zero-order valence-electron chi connectivity index (χ0n) is 15.1. The van der Waals surface area contributed by atoms with Gasteiger partial charge in [0.25, 0.3) is 0 Å². The van der Waals surface area contributed by atoms with E-state index in [2.05, 4.69) is 4.99 Å². The smallest absolute Gasteiger partial charge is 0.289 e. The van der Waals surface area contributed by atoms with Crippen molar-refractivity contribution < 1.29 is 26.4 Å². The molecule has 0 radical (unpaired) electrons. The predicted molar refractivity (Wildman–Crippen MR) is 98.9 cm³/mol. The molecule has 1 amide bonds. The van der Waals surface area contributed by atoms with Gasteiger partial charge in [-0.25, -0.2) is 13.4 Å². The Morgan fingerprint density at radius 3 is 2.36 bits per heavy atom. The Bertz CT molecular complexity index is 1040. The van der Waals surface area contributed by atoms with Crippen LogP contribution in [0.2, 0.25) is 0 Å². The molecule has 2 aromatic carbocycles. The molecule has 1 aliphatic heterocycles. The standard InChI is InChI=1S/C19H17F3N2O3S/c1-12-6-8-15(9-7-12)23-18-24(2)17(25)16(28(18,26)27)11-13-4-3-5-14(10-13)19(20,21)22/h3-10,16H,11H2,1-2H3. The average Bonchev–Trinajstić information content (AvgIpc) is 2.78. The highest BCUT2D eigenvalue weighted by Crippen LogP contribution is 2.31. The van der Waals surface area contributed by atoms with Crippen LogP contribution in [0.3, 0.4) is 0 Å². The van der Waals surface area contributed by atoms with Crippen molar-refractivity contribution in [3.63, 3.8) is 0 Å². The summed E-state index contributed by atoms with van der Waals surface area (Å²) in [6.07, 6.45) is -4.91. The molecule has 28 heavy (non-hydrogen) atoms. The molecule has 5 nitrogen and oxygen atoms in total. The number of carbonyl (C=O) groups excluding carboxylic acids is 1. The zero-order valence-corrected chi connectivity index (χ0v) is 15.9. The lowest BCUT2D eigenvalue weighted by atomic mass is 10.1. The van der Waals surface area contributed by atoms with Crippen LogP contribution < -0.4 is 0 Å². The van der Waals surface area contributed by atoms with Crippen LogP contribution >= 0.6 is 0 Å². The molecule has 0 aliphatic carbocycles. The van der Waals surface area contributed by atoms with Gasteiger partial charge in [-0.15, -0.1) is 0 Å². The first-order valence-electron chi connectivity index (χ1n) is 8.33. The van der Waals surface area contributed by atoms with Crippen LogP contribution in [0, 0.1) is 6.92 Å². The number of aliphatic imine (C=N–C) groups is 1. The molecule has 1 heterocycles. The van der Waals surface area contributed by atoms with Crippen LogP contribution in [0.15, 0.2) is 53.5 Å². The number of hydrogen-bond donors (Lipinski definition) is 0. The Balaban J connectivity index is 1.95. The van der Waals surface area contributed by atoms with Crippen molar-refractivity contribution >= 4 is 26.6 Å². The van der Waals surface area contributed by atoms with E-state index >= 15 is 0 Å². The number of sulfone groups is 1. The second-order valence-corrected chi connectivity index (χ2v) is 8.59. The molecule has 9 heteroatoms. The van der Waals surface area contributed by atoms with Crippen LogP contribution in [0.5, 0.6) is 0 Å². The summed E-state index contributed by atoms with van der Waals surface area (Å²) in [7, 11) is -2.85. The summed E-state index contributed by atoms with van der Waals surface area (Å²) >= 11 is 0. The largest absolute Gasteiger partial charge is 0.416 e. The molecule has 3 rings (SSSR count). The molecule has 1 unspecified atom stereocenters. The maximum atomic E-state index is 12.9. The minimum absolute atomic E-state index is 0.113. The maximum absolute atomic E-state index is 12.9. The van der Waals surface area contributed by atoms with Gasteiger partial charge in [-0.3, -0.25) is 9.69 Å². The fraction of sp³-hybridized carbons (Fsp3) is 0.263. The van der Waals surface area contributed by atoms with E-state index in [1.54, 1.807) is 24.3 Å². The Hall–Kier alpha value is -2.68. The first-order valence-corrected chi connectivity index (χ1v) is 9.88. The lowest BCUT2D eigenvalue weighted by Gasteiger charge is -2.10. The lowest BCUT2D eigenvalue weighted by Crippen LogP contribution is -2.29. The Morgan fingerprint density at radius 1 is 1.11 bits per heavy atom. The lowest BCUT2D eigenvalue weighted by molar-refractivity contribution is -0.137. The van der Waals surface area contributed by atoms with Crippen LogP contribution in [-0.2, 0) is 27.2 Å². The van der Waals surface area contributed by atoms with E-state index in [9.17, 15) is 26.4 Å². The summed E-state index contributed by atoms with van der Waals surface area (Å²) in [5.74, 6) is -0.719. The van der Waals surface area contributed by atoms with E-state index in [4.69, 9.17) is 0 Å². The molecule has 148 valence electrons. The van der Waals surface area contributed by atoms with Crippen LogP contribution in [-0.4, -0.2) is 36.7 Å². The summed E-state index contributed by atoms with van der Waals surface area (Å²) in [6.45, 7) is 1.87. The molecule has 0 bridgehead atoms. The van der Waals surface area contributed by atoms with Crippen LogP contribution in [0.4, 0.5) is 18.9 Å². The number of amides is 1. The third kappa shape index (κ3) is 3.80. The number of rotatable bonds is 3. The zero-order chi connectivity index (χ0) is 20.7. The molecule has 0 spiro atoms. The molecule has 0 N–H and O–H groups in total. The van der Waals surface area contributed by atoms with Crippen molar-refractivity contribution in [3.05, 3.63) is 65.2 Å². The van der Waals surface area contributed by atoms with Crippen LogP contribution in [0.25, 0.3) is 0 Å². The minimum Gasteiger partial charge on any atom is -0.289 e. The summed E-state index contributed by atoms with van der Waals surface area (Å²) in [4.78, 5) is 17.5. The maximum Gasteiger partial charge on any atom is 0.416 e.